The van der Waals surface area contributed by atoms with E-state index in [0.29, 0.717) is 36.0 Å². The standard InChI is InChI=1S/C29H30N2O5/c1-19(2)34-29(32)27(30)21-10-9-13-23(18-21)33-17-16-25-20(3)35-28(31-25)24-14-7-8-15-26(24)36-22-11-5-4-6-12-22/h4-15,18-19,27H,16-17,30H2,1-3H3. The Kier molecular flexibility index (Phi) is 8.02. The minimum atomic E-state index is -0.866. The SMILES string of the molecule is Cc1oc(-c2ccccc2Oc2ccccc2)nc1CCOc1cccc(C(N)C(=O)OC(C)C)c1. The van der Waals surface area contributed by atoms with E-state index in [1.54, 1.807) is 32.0 Å². The van der Waals surface area contributed by atoms with Crippen LogP contribution in [-0.4, -0.2) is 23.7 Å². The molecule has 1 unspecified atom stereocenters. The third-order valence-corrected chi connectivity index (χ3v) is 5.41. The van der Waals surface area contributed by atoms with Gasteiger partial charge >= 0.3 is 5.97 Å². The van der Waals surface area contributed by atoms with Crippen LogP contribution < -0.4 is 15.2 Å². The molecule has 186 valence electrons. The van der Waals surface area contributed by atoms with E-state index in [1.807, 2.05) is 67.6 Å². The Labute approximate surface area is 210 Å². The average Bonchev–Trinajstić information content (AvgIpc) is 3.24. The smallest absolute Gasteiger partial charge is 0.327 e. The molecule has 0 bridgehead atoms. The van der Waals surface area contributed by atoms with Gasteiger partial charge < -0.3 is 24.4 Å². The van der Waals surface area contributed by atoms with Gasteiger partial charge in [-0.25, -0.2) is 9.78 Å². The van der Waals surface area contributed by atoms with Crippen molar-refractivity contribution < 1.29 is 23.4 Å². The number of hydrogen-bond acceptors (Lipinski definition) is 7. The zero-order chi connectivity index (χ0) is 25.5. The molecular weight excluding hydrogens is 456 g/mol. The summed E-state index contributed by atoms with van der Waals surface area (Å²) >= 11 is 0. The highest BCUT2D eigenvalue weighted by Gasteiger charge is 2.19. The summed E-state index contributed by atoms with van der Waals surface area (Å²) < 4.78 is 23.2. The van der Waals surface area contributed by atoms with Gasteiger partial charge in [0, 0.05) is 6.42 Å². The summed E-state index contributed by atoms with van der Waals surface area (Å²) in [7, 11) is 0. The van der Waals surface area contributed by atoms with Gasteiger partial charge in [-0.15, -0.1) is 0 Å². The number of hydrogen-bond donors (Lipinski definition) is 1. The predicted octanol–water partition coefficient (Wildman–Crippen LogP) is 6.02. The number of para-hydroxylation sites is 2. The van der Waals surface area contributed by atoms with Crippen LogP contribution in [-0.2, 0) is 16.0 Å². The second-order valence-corrected chi connectivity index (χ2v) is 8.57. The number of aromatic nitrogens is 1. The Morgan fingerprint density at radius 3 is 2.47 bits per heavy atom. The summed E-state index contributed by atoms with van der Waals surface area (Å²) in [5.74, 6) is 2.76. The predicted molar refractivity (Wildman–Crippen MR) is 137 cm³/mol. The van der Waals surface area contributed by atoms with Crippen LogP contribution in [0.1, 0.15) is 36.9 Å². The normalized spacial score (nSPS) is 11.8. The first-order valence-corrected chi connectivity index (χ1v) is 11.9. The molecule has 7 nitrogen and oxygen atoms in total. The van der Waals surface area contributed by atoms with Crippen molar-refractivity contribution in [1.29, 1.82) is 0 Å². The van der Waals surface area contributed by atoms with Crippen LogP contribution in [0.5, 0.6) is 17.2 Å². The van der Waals surface area contributed by atoms with Gasteiger partial charge in [0.15, 0.2) is 0 Å². The quantitative estimate of drug-likeness (QED) is 0.274. The second kappa shape index (κ2) is 11.6. The van der Waals surface area contributed by atoms with Crippen molar-refractivity contribution in [1.82, 2.24) is 4.98 Å². The first-order chi connectivity index (χ1) is 17.4. The lowest BCUT2D eigenvalue weighted by Crippen LogP contribution is -2.26. The Morgan fingerprint density at radius 1 is 0.972 bits per heavy atom. The monoisotopic (exact) mass is 486 g/mol. The lowest BCUT2D eigenvalue weighted by atomic mass is 10.1. The first-order valence-electron chi connectivity index (χ1n) is 11.9. The topological polar surface area (TPSA) is 96.8 Å². The fraction of sp³-hybridized carbons (Fsp3) is 0.241. The summed E-state index contributed by atoms with van der Waals surface area (Å²) in [4.78, 5) is 16.8. The average molecular weight is 487 g/mol. The molecule has 0 radical (unpaired) electrons. The van der Waals surface area contributed by atoms with Crippen molar-refractivity contribution in [3.05, 3.63) is 95.9 Å². The largest absolute Gasteiger partial charge is 0.493 e. The molecule has 2 N–H and O–H groups in total. The number of oxazole rings is 1. The fourth-order valence-electron chi connectivity index (χ4n) is 3.63. The van der Waals surface area contributed by atoms with Crippen molar-refractivity contribution in [2.24, 2.45) is 5.73 Å². The zero-order valence-electron chi connectivity index (χ0n) is 20.6. The summed E-state index contributed by atoms with van der Waals surface area (Å²) in [6.07, 6.45) is 0.318. The third kappa shape index (κ3) is 6.31. The summed E-state index contributed by atoms with van der Waals surface area (Å²) in [6.45, 7) is 5.84. The number of nitrogens with two attached hydrogens (primary N) is 1. The highest BCUT2D eigenvalue weighted by atomic mass is 16.5. The maximum atomic E-state index is 12.1. The second-order valence-electron chi connectivity index (χ2n) is 8.57. The summed E-state index contributed by atoms with van der Waals surface area (Å²) in [5.41, 5.74) is 8.25. The van der Waals surface area contributed by atoms with Crippen LogP contribution in [0.3, 0.4) is 0 Å². The molecule has 0 aliphatic carbocycles. The summed E-state index contributed by atoms with van der Waals surface area (Å²) in [5, 5.41) is 0. The van der Waals surface area contributed by atoms with Gasteiger partial charge in [0.1, 0.15) is 29.1 Å². The van der Waals surface area contributed by atoms with Crippen molar-refractivity contribution >= 4 is 5.97 Å². The van der Waals surface area contributed by atoms with Crippen molar-refractivity contribution in [2.45, 2.75) is 39.3 Å². The van der Waals surface area contributed by atoms with Crippen LogP contribution in [0, 0.1) is 6.92 Å². The molecule has 0 saturated carbocycles. The van der Waals surface area contributed by atoms with E-state index < -0.39 is 12.0 Å². The maximum absolute atomic E-state index is 12.1. The van der Waals surface area contributed by atoms with Crippen molar-refractivity contribution in [3.63, 3.8) is 0 Å². The number of aryl methyl sites for hydroxylation is 1. The van der Waals surface area contributed by atoms with E-state index in [0.717, 1.165) is 22.8 Å². The molecule has 0 aliphatic heterocycles. The highest BCUT2D eigenvalue weighted by Crippen LogP contribution is 2.33. The molecule has 0 amide bonds. The molecule has 0 fully saturated rings. The van der Waals surface area contributed by atoms with Gasteiger partial charge in [-0.05, 0) is 62.7 Å². The Balaban J connectivity index is 1.41. The van der Waals surface area contributed by atoms with Crippen molar-refractivity contribution in [2.75, 3.05) is 6.61 Å². The van der Waals surface area contributed by atoms with E-state index in [9.17, 15) is 4.79 Å². The van der Waals surface area contributed by atoms with Crippen LogP contribution >= 0.6 is 0 Å². The maximum Gasteiger partial charge on any atom is 0.327 e. The molecule has 4 rings (SSSR count). The minimum Gasteiger partial charge on any atom is -0.493 e. The molecule has 1 atom stereocenters. The number of esters is 1. The van der Waals surface area contributed by atoms with Gasteiger partial charge in [-0.1, -0.05) is 42.5 Å². The molecule has 7 heteroatoms. The third-order valence-electron chi connectivity index (χ3n) is 5.41. The van der Waals surface area contributed by atoms with Gasteiger partial charge in [0.2, 0.25) is 5.89 Å². The summed E-state index contributed by atoms with van der Waals surface area (Å²) in [6, 6.07) is 23.5. The van der Waals surface area contributed by atoms with Crippen LogP contribution in [0.15, 0.2) is 83.3 Å². The van der Waals surface area contributed by atoms with Crippen LogP contribution in [0.4, 0.5) is 0 Å². The molecule has 3 aromatic carbocycles. The number of rotatable bonds is 10. The first kappa shape index (κ1) is 25.0. The van der Waals surface area contributed by atoms with Gasteiger partial charge in [0.05, 0.1) is 24.0 Å². The molecule has 0 saturated heterocycles. The molecule has 0 aliphatic rings. The lowest BCUT2D eigenvalue weighted by molar-refractivity contribution is -0.149. The van der Waals surface area contributed by atoms with E-state index in [1.165, 1.54) is 0 Å². The number of ether oxygens (including phenoxy) is 3. The van der Waals surface area contributed by atoms with Gasteiger partial charge in [-0.3, -0.25) is 0 Å². The molecule has 0 spiro atoms. The number of carbonyl (C=O) groups is 1. The van der Waals surface area contributed by atoms with Crippen molar-refractivity contribution in [3.8, 4) is 28.7 Å². The molecule has 4 aromatic rings. The van der Waals surface area contributed by atoms with Crippen LogP contribution in [0.25, 0.3) is 11.5 Å². The lowest BCUT2D eigenvalue weighted by Gasteiger charge is -2.15. The Morgan fingerprint density at radius 2 is 1.69 bits per heavy atom. The van der Waals surface area contributed by atoms with Gasteiger partial charge in [-0.2, -0.15) is 0 Å². The van der Waals surface area contributed by atoms with Gasteiger partial charge in [0.25, 0.3) is 0 Å². The number of nitrogens with zero attached hydrogens (tertiary/aromatic N) is 1. The van der Waals surface area contributed by atoms with E-state index >= 15 is 0 Å². The highest BCUT2D eigenvalue weighted by molar-refractivity contribution is 5.77. The van der Waals surface area contributed by atoms with Crippen LogP contribution in [0.2, 0.25) is 0 Å². The Hall–Kier alpha value is -4.10. The molecule has 36 heavy (non-hydrogen) atoms. The van der Waals surface area contributed by atoms with E-state index in [-0.39, 0.29) is 6.10 Å². The zero-order valence-corrected chi connectivity index (χ0v) is 20.6. The minimum absolute atomic E-state index is 0.226. The number of benzene rings is 3. The number of carbonyl (C=O) groups excluding carboxylic acids is 1. The van der Waals surface area contributed by atoms with E-state index in [2.05, 4.69) is 0 Å². The molecule has 1 heterocycles. The molecule has 1 aromatic heterocycles. The van der Waals surface area contributed by atoms with E-state index in [4.69, 9.17) is 29.3 Å². The Bertz CT molecular complexity index is 1300. The fourth-order valence-corrected chi connectivity index (χ4v) is 3.63. The molecular formula is C29H30N2O5.